The van der Waals surface area contributed by atoms with Crippen molar-refractivity contribution in [3.05, 3.63) is 146 Å². The first-order valence-electron chi connectivity index (χ1n) is 14.5. The minimum atomic E-state index is -10.7. The average molecular weight is 690 g/mol. The molecule has 0 bridgehead atoms. The fourth-order valence-electron chi connectivity index (χ4n) is 5.09. The summed E-state index contributed by atoms with van der Waals surface area (Å²) in [6, 6.07) is 52.5. The molecule has 0 aliphatic carbocycles. The van der Waals surface area contributed by atoms with Gasteiger partial charge < -0.3 is 0 Å². The van der Waals surface area contributed by atoms with E-state index in [1.165, 1.54) is 32.3 Å². The molecule has 0 fully saturated rings. The molecule has 0 aliphatic heterocycles. The number of fused-ring (bicyclic) bond motifs is 1. The number of aryl methyl sites for hydroxylation is 2. The summed E-state index contributed by atoms with van der Waals surface area (Å²) in [5, 5.41) is 10.8. The van der Waals surface area contributed by atoms with Crippen LogP contribution in [0.15, 0.2) is 146 Å². The SMILES string of the molecule is F[P-](F)(F)(F)(F)F.c1ccc(P(CCn2n[n+](CCP(c3ccccc3)c3ccccc3)c3ccccc32)c2ccccc2)cc1. The van der Waals surface area contributed by atoms with Gasteiger partial charge in [-0.2, -0.15) is 0 Å². The van der Waals surface area contributed by atoms with Crippen molar-refractivity contribution in [1.29, 1.82) is 0 Å². The van der Waals surface area contributed by atoms with Gasteiger partial charge in [-0.1, -0.05) is 133 Å². The van der Waals surface area contributed by atoms with Crippen molar-refractivity contribution in [1.82, 2.24) is 9.90 Å². The molecule has 0 aliphatic rings. The fourth-order valence-corrected chi connectivity index (χ4v) is 9.63. The zero-order chi connectivity index (χ0) is 32.7. The molecule has 0 N–H and O–H groups in total. The van der Waals surface area contributed by atoms with Crippen molar-refractivity contribution in [2.24, 2.45) is 0 Å². The minimum Gasteiger partial charge on any atom is -0.129 e. The van der Waals surface area contributed by atoms with Crippen molar-refractivity contribution in [2.75, 3.05) is 12.3 Å². The first-order valence-corrected chi connectivity index (χ1v) is 19.6. The molecule has 240 valence electrons. The van der Waals surface area contributed by atoms with Crippen LogP contribution in [-0.2, 0) is 13.1 Å². The second-order valence-corrected chi connectivity index (χ2v) is 17.0. The Morgan fingerprint density at radius 3 is 1.26 bits per heavy atom. The Kier molecular flexibility index (Phi) is 9.98. The van der Waals surface area contributed by atoms with Crippen LogP contribution >= 0.6 is 23.7 Å². The molecule has 5 aromatic carbocycles. The van der Waals surface area contributed by atoms with E-state index in [0.717, 1.165) is 25.4 Å². The predicted octanol–water partition coefficient (Wildman–Crippen LogP) is 8.97. The summed E-state index contributed by atoms with van der Waals surface area (Å²) in [7, 11) is -11.6. The van der Waals surface area contributed by atoms with Crippen LogP contribution in [0.5, 0.6) is 0 Å². The largest absolute Gasteiger partial charge is 0.198 e. The number of hydrogen-bond acceptors (Lipinski definition) is 1. The maximum Gasteiger partial charge on any atom is 0.198 e. The van der Waals surface area contributed by atoms with Gasteiger partial charge in [0.2, 0.25) is 0 Å². The van der Waals surface area contributed by atoms with Gasteiger partial charge in [-0.25, -0.2) is 0 Å². The van der Waals surface area contributed by atoms with E-state index in [1.54, 1.807) is 0 Å². The normalized spacial score (nSPS) is 13.2. The molecule has 0 atom stereocenters. The third-order valence-corrected chi connectivity index (χ3v) is 12.0. The van der Waals surface area contributed by atoms with Gasteiger partial charge in [0.15, 0.2) is 11.0 Å². The molecular formula is C34H32F6N3P3. The summed E-state index contributed by atoms with van der Waals surface area (Å²) < 4.78 is 63.6. The molecule has 6 aromatic rings. The molecule has 0 spiro atoms. The van der Waals surface area contributed by atoms with Crippen LogP contribution in [0.4, 0.5) is 25.2 Å². The van der Waals surface area contributed by atoms with Crippen LogP contribution in [0, 0.1) is 0 Å². The first kappa shape index (κ1) is 33.7. The summed E-state index contributed by atoms with van der Waals surface area (Å²) in [4.78, 5) is 0. The summed E-state index contributed by atoms with van der Waals surface area (Å²) in [6.07, 6.45) is 2.10. The average Bonchev–Trinajstić information content (AvgIpc) is 3.39. The van der Waals surface area contributed by atoms with Crippen molar-refractivity contribution < 1.29 is 29.9 Å². The van der Waals surface area contributed by atoms with Gasteiger partial charge in [-0.3, -0.25) is 0 Å². The number of nitrogens with zero attached hydrogens (tertiary/aromatic N) is 3. The van der Waals surface area contributed by atoms with Crippen LogP contribution in [0.3, 0.4) is 0 Å². The van der Waals surface area contributed by atoms with Crippen LogP contribution in [-0.4, -0.2) is 22.2 Å². The number of halogens is 6. The van der Waals surface area contributed by atoms with Crippen LogP contribution in [0.1, 0.15) is 0 Å². The Morgan fingerprint density at radius 1 is 0.500 bits per heavy atom. The van der Waals surface area contributed by atoms with E-state index in [0.29, 0.717) is 0 Å². The van der Waals surface area contributed by atoms with Gasteiger partial charge in [0.1, 0.15) is 13.1 Å². The smallest absolute Gasteiger partial charge is 0.129 e. The molecule has 0 amide bonds. The maximum atomic E-state index is 9.87. The molecule has 0 radical (unpaired) electrons. The zero-order valence-corrected chi connectivity index (χ0v) is 27.3. The molecular weight excluding hydrogens is 657 g/mol. The van der Waals surface area contributed by atoms with Gasteiger partial charge in [0.25, 0.3) is 0 Å². The maximum absolute atomic E-state index is 10.7. The Labute approximate surface area is 266 Å². The van der Waals surface area contributed by atoms with E-state index in [-0.39, 0.29) is 0 Å². The molecule has 6 rings (SSSR count). The molecule has 0 unspecified atom stereocenters. The van der Waals surface area contributed by atoms with E-state index in [9.17, 15) is 25.2 Å². The third kappa shape index (κ3) is 10.5. The van der Waals surface area contributed by atoms with Gasteiger partial charge >= 0.3 is 33.0 Å². The Hall–Kier alpha value is -3.63. The van der Waals surface area contributed by atoms with Crippen molar-refractivity contribution in [2.45, 2.75) is 13.1 Å². The predicted molar refractivity (Wildman–Crippen MR) is 181 cm³/mol. The monoisotopic (exact) mass is 689 g/mol. The molecule has 3 nitrogen and oxygen atoms in total. The van der Waals surface area contributed by atoms with E-state index in [1.807, 2.05) is 0 Å². The number of para-hydroxylation sites is 2. The summed E-state index contributed by atoms with van der Waals surface area (Å²) in [5.41, 5.74) is 2.41. The Morgan fingerprint density at radius 2 is 0.848 bits per heavy atom. The topological polar surface area (TPSA) is 21.7 Å². The van der Waals surface area contributed by atoms with E-state index < -0.39 is 23.7 Å². The Bertz CT molecular complexity index is 1630. The van der Waals surface area contributed by atoms with Crippen LogP contribution in [0.25, 0.3) is 11.0 Å². The molecule has 12 heteroatoms. The molecule has 0 saturated carbocycles. The summed E-state index contributed by atoms with van der Waals surface area (Å²) in [6.45, 7) is 1.77. The van der Waals surface area contributed by atoms with Crippen LogP contribution in [0.2, 0.25) is 0 Å². The fraction of sp³-hybridized carbons (Fsp3) is 0.118. The van der Waals surface area contributed by atoms with Gasteiger partial charge in [-0.15, -0.1) is 9.36 Å². The second-order valence-electron chi connectivity index (χ2n) is 10.4. The number of benzene rings is 5. The van der Waals surface area contributed by atoms with E-state index >= 15 is 0 Å². The van der Waals surface area contributed by atoms with Gasteiger partial charge in [-0.05, 0) is 49.2 Å². The second kappa shape index (κ2) is 13.6. The first-order chi connectivity index (χ1) is 21.8. The standard InChI is InChI=1S/C34H32N3P2.F6P/c1-5-15-29(16-6-1)38(30-17-7-2-8-18-30)27-25-36-33-23-13-14-24-34(33)37(35-36)26-28-39(31-19-9-3-10-20-31)32-21-11-4-12-22-32;1-7(2,3,4,5)6/h1-24H,25-28H2;/q+1;-1. The van der Waals surface area contributed by atoms with Gasteiger partial charge in [0, 0.05) is 12.3 Å². The van der Waals surface area contributed by atoms with Crippen molar-refractivity contribution >= 4 is 55.9 Å². The van der Waals surface area contributed by atoms with Gasteiger partial charge in [0.05, 0.1) is 5.21 Å². The number of hydrogen-bond donors (Lipinski definition) is 0. The van der Waals surface area contributed by atoms with Crippen molar-refractivity contribution in [3.8, 4) is 0 Å². The minimum absolute atomic E-state index is 0.466. The third-order valence-electron chi connectivity index (χ3n) is 7.00. The Balaban J connectivity index is 0.000000537. The van der Waals surface area contributed by atoms with Crippen molar-refractivity contribution in [3.63, 3.8) is 0 Å². The zero-order valence-electron chi connectivity index (χ0n) is 24.6. The summed E-state index contributed by atoms with van der Waals surface area (Å²) >= 11 is 0. The van der Waals surface area contributed by atoms with Crippen LogP contribution < -0.4 is 25.9 Å². The summed E-state index contributed by atoms with van der Waals surface area (Å²) in [5.74, 6) is 0. The molecule has 1 heterocycles. The number of rotatable bonds is 10. The van der Waals surface area contributed by atoms with E-state index in [2.05, 4.69) is 155 Å². The molecule has 1 aromatic heterocycles. The molecule has 0 saturated heterocycles. The molecule has 46 heavy (non-hydrogen) atoms. The van der Waals surface area contributed by atoms with E-state index in [4.69, 9.17) is 5.21 Å². The number of aromatic nitrogens is 3. The quantitative estimate of drug-likeness (QED) is 0.0800.